The first-order chi connectivity index (χ1) is 16.0. The number of nitrogens with zero attached hydrogens (tertiary/aromatic N) is 2. The molecule has 8 heteroatoms. The van der Waals surface area contributed by atoms with Gasteiger partial charge in [0, 0.05) is 5.56 Å². The van der Waals surface area contributed by atoms with Crippen LogP contribution in [0.5, 0.6) is 5.75 Å². The number of aliphatic hydroxyl groups excluding tert-OH is 1. The molecule has 3 aromatic carbocycles. The average Bonchev–Trinajstić information content (AvgIpc) is 3.37. The van der Waals surface area contributed by atoms with Crippen LogP contribution in [0.2, 0.25) is 0 Å². The Morgan fingerprint density at radius 1 is 1.06 bits per heavy atom. The Hall–Kier alpha value is -4.04. The number of ether oxygens (including phenoxy) is 1. The number of rotatable bonds is 4. The third-order valence-corrected chi connectivity index (χ3v) is 6.47. The highest BCUT2D eigenvalue weighted by atomic mass is 32.1. The van der Waals surface area contributed by atoms with Gasteiger partial charge in [-0.05, 0) is 35.9 Å². The average molecular weight is 460 g/mol. The largest absolute Gasteiger partial charge is 0.507 e. The SMILES string of the molecule is COc1cccc(C(O)=C2C(=O)C(=O)N(c3nc4ccc(F)cc4s3)C2c2ccccc2)c1. The fraction of sp³-hybridized carbons (Fsp3) is 0.0800. The van der Waals surface area contributed by atoms with E-state index in [1.165, 1.54) is 30.2 Å². The van der Waals surface area contributed by atoms with Gasteiger partial charge in [-0.3, -0.25) is 14.5 Å². The Balaban J connectivity index is 1.72. The number of halogens is 1. The molecule has 1 atom stereocenters. The van der Waals surface area contributed by atoms with Crippen molar-refractivity contribution in [3.8, 4) is 5.75 Å². The second-order valence-electron chi connectivity index (χ2n) is 7.42. The van der Waals surface area contributed by atoms with E-state index in [2.05, 4.69) is 4.98 Å². The number of aromatic nitrogens is 1. The van der Waals surface area contributed by atoms with Crippen LogP contribution in [0.15, 0.2) is 78.4 Å². The monoisotopic (exact) mass is 460 g/mol. The number of anilines is 1. The van der Waals surface area contributed by atoms with Crippen LogP contribution in [0.4, 0.5) is 9.52 Å². The lowest BCUT2D eigenvalue weighted by Crippen LogP contribution is -2.29. The minimum absolute atomic E-state index is 0.0510. The molecule has 4 aromatic rings. The fourth-order valence-corrected chi connectivity index (χ4v) is 4.91. The summed E-state index contributed by atoms with van der Waals surface area (Å²) in [6.07, 6.45) is 0. The Labute approximate surface area is 192 Å². The lowest BCUT2D eigenvalue weighted by Gasteiger charge is -2.22. The zero-order valence-corrected chi connectivity index (χ0v) is 18.2. The van der Waals surface area contributed by atoms with E-state index in [-0.39, 0.29) is 16.5 Å². The van der Waals surface area contributed by atoms with Gasteiger partial charge in [-0.1, -0.05) is 53.8 Å². The maximum atomic E-state index is 13.7. The minimum Gasteiger partial charge on any atom is -0.507 e. The van der Waals surface area contributed by atoms with Crippen molar-refractivity contribution in [3.63, 3.8) is 0 Å². The topological polar surface area (TPSA) is 79.7 Å². The molecule has 1 aromatic heterocycles. The van der Waals surface area contributed by atoms with Crippen molar-refractivity contribution in [2.24, 2.45) is 0 Å². The summed E-state index contributed by atoms with van der Waals surface area (Å²) in [5.74, 6) is -1.87. The summed E-state index contributed by atoms with van der Waals surface area (Å²) in [6, 6.07) is 18.8. The second-order valence-corrected chi connectivity index (χ2v) is 8.43. The predicted molar refractivity (Wildman–Crippen MR) is 124 cm³/mol. The lowest BCUT2D eigenvalue weighted by molar-refractivity contribution is -0.132. The number of hydrogen-bond acceptors (Lipinski definition) is 6. The molecule has 164 valence electrons. The van der Waals surface area contributed by atoms with Gasteiger partial charge in [-0.25, -0.2) is 9.37 Å². The van der Waals surface area contributed by atoms with E-state index in [9.17, 15) is 19.1 Å². The van der Waals surface area contributed by atoms with Gasteiger partial charge in [-0.2, -0.15) is 0 Å². The molecule has 33 heavy (non-hydrogen) atoms. The molecule has 1 aliphatic heterocycles. The van der Waals surface area contributed by atoms with Crippen molar-refractivity contribution in [1.29, 1.82) is 0 Å². The van der Waals surface area contributed by atoms with Crippen LogP contribution < -0.4 is 9.64 Å². The van der Waals surface area contributed by atoms with Gasteiger partial charge in [0.05, 0.1) is 28.9 Å². The van der Waals surface area contributed by atoms with E-state index in [0.717, 1.165) is 11.3 Å². The summed E-state index contributed by atoms with van der Waals surface area (Å²) in [4.78, 5) is 32.1. The molecular weight excluding hydrogens is 443 g/mol. The second kappa shape index (κ2) is 8.14. The summed E-state index contributed by atoms with van der Waals surface area (Å²) in [6.45, 7) is 0. The van der Waals surface area contributed by atoms with Crippen molar-refractivity contribution in [2.75, 3.05) is 12.0 Å². The molecule has 0 aliphatic carbocycles. The van der Waals surface area contributed by atoms with Gasteiger partial charge >= 0.3 is 5.91 Å². The molecule has 0 spiro atoms. The van der Waals surface area contributed by atoms with Crippen LogP contribution in [0.3, 0.4) is 0 Å². The zero-order valence-electron chi connectivity index (χ0n) is 17.4. The number of hydrogen-bond donors (Lipinski definition) is 1. The molecule has 1 fully saturated rings. The van der Waals surface area contributed by atoms with E-state index in [1.807, 2.05) is 6.07 Å². The molecule has 5 rings (SSSR count). The van der Waals surface area contributed by atoms with Gasteiger partial charge in [0.15, 0.2) is 5.13 Å². The Morgan fingerprint density at radius 2 is 1.85 bits per heavy atom. The highest BCUT2D eigenvalue weighted by Crippen LogP contribution is 2.44. The standard InChI is InChI=1S/C25H17FN2O4S/c1-32-17-9-5-8-15(12-17)22(29)20-21(14-6-3-2-4-7-14)28(24(31)23(20)30)25-27-18-11-10-16(26)13-19(18)33-25/h2-13,21,29H,1H3. The van der Waals surface area contributed by atoms with E-state index in [4.69, 9.17) is 4.74 Å². The number of carbonyl (C=O) groups is 2. The molecule has 1 unspecified atom stereocenters. The molecule has 1 N–H and O–H groups in total. The van der Waals surface area contributed by atoms with Crippen LogP contribution in [0, 0.1) is 5.82 Å². The lowest BCUT2D eigenvalue weighted by atomic mass is 9.95. The summed E-state index contributed by atoms with van der Waals surface area (Å²) < 4.78 is 19.5. The molecular formula is C25H17FN2O4S. The predicted octanol–water partition coefficient (Wildman–Crippen LogP) is 5.07. The molecule has 1 amide bonds. The van der Waals surface area contributed by atoms with Crippen molar-refractivity contribution in [1.82, 2.24) is 4.98 Å². The summed E-state index contributed by atoms with van der Waals surface area (Å²) in [5, 5.41) is 11.4. The number of Topliss-reactive ketones (excluding diaryl/α,β-unsaturated/α-hetero) is 1. The summed E-state index contributed by atoms with van der Waals surface area (Å²) in [5.41, 5.74) is 1.44. The highest BCUT2D eigenvalue weighted by molar-refractivity contribution is 7.22. The molecule has 2 heterocycles. The highest BCUT2D eigenvalue weighted by Gasteiger charge is 2.48. The normalized spacial score (nSPS) is 17.6. The number of benzene rings is 3. The number of aliphatic hydroxyl groups is 1. The third kappa shape index (κ3) is 3.54. The summed E-state index contributed by atoms with van der Waals surface area (Å²) in [7, 11) is 1.50. The van der Waals surface area contributed by atoms with Gasteiger partial charge in [0.25, 0.3) is 5.78 Å². The molecule has 6 nitrogen and oxygen atoms in total. The molecule has 0 radical (unpaired) electrons. The summed E-state index contributed by atoms with van der Waals surface area (Å²) >= 11 is 1.11. The molecule has 0 saturated carbocycles. The molecule has 1 aliphatic rings. The number of ketones is 1. The number of amides is 1. The first kappa shape index (κ1) is 20.8. The van der Waals surface area contributed by atoms with Crippen molar-refractivity contribution < 1.29 is 23.8 Å². The quantitative estimate of drug-likeness (QED) is 0.261. The van der Waals surface area contributed by atoms with Gasteiger partial charge in [0.2, 0.25) is 0 Å². The Bertz CT molecular complexity index is 1430. The van der Waals surface area contributed by atoms with Gasteiger partial charge < -0.3 is 9.84 Å². The Kier molecular flexibility index (Phi) is 5.14. The van der Waals surface area contributed by atoms with Gasteiger partial charge in [-0.15, -0.1) is 0 Å². The Morgan fingerprint density at radius 3 is 2.61 bits per heavy atom. The van der Waals surface area contributed by atoms with Crippen molar-refractivity contribution in [3.05, 3.63) is 95.3 Å². The van der Waals surface area contributed by atoms with Crippen LogP contribution >= 0.6 is 11.3 Å². The minimum atomic E-state index is -0.900. The fourth-order valence-electron chi connectivity index (χ4n) is 3.90. The van der Waals surface area contributed by atoms with Crippen LogP contribution in [0.25, 0.3) is 16.0 Å². The smallest absolute Gasteiger partial charge is 0.301 e. The van der Waals surface area contributed by atoms with Crippen LogP contribution in [0.1, 0.15) is 17.2 Å². The van der Waals surface area contributed by atoms with E-state index >= 15 is 0 Å². The van der Waals surface area contributed by atoms with E-state index in [0.29, 0.717) is 27.1 Å². The zero-order chi connectivity index (χ0) is 23.1. The maximum Gasteiger partial charge on any atom is 0.301 e. The van der Waals surface area contributed by atoms with Gasteiger partial charge in [0.1, 0.15) is 17.3 Å². The first-order valence-electron chi connectivity index (χ1n) is 10.0. The van der Waals surface area contributed by atoms with E-state index < -0.39 is 23.5 Å². The van der Waals surface area contributed by atoms with Crippen molar-refractivity contribution >= 4 is 44.1 Å². The first-order valence-corrected chi connectivity index (χ1v) is 10.9. The van der Waals surface area contributed by atoms with Crippen molar-refractivity contribution in [2.45, 2.75) is 6.04 Å². The number of fused-ring (bicyclic) bond motifs is 1. The number of carbonyl (C=O) groups excluding carboxylic acids is 2. The van der Waals surface area contributed by atoms with Crippen LogP contribution in [-0.2, 0) is 9.59 Å². The third-order valence-electron chi connectivity index (χ3n) is 5.45. The number of methoxy groups -OCH3 is 1. The maximum absolute atomic E-state index is 13.7. The van der Waals surface area contributed by atoms with Crippen LogP contribution in [-0.4, -0.2) is 28.9 Å². The number of thiazole rings is 1. The van der Waals surface area contributed by atoms with E-state index in [1.54, 1.807) is 48.5 Å². The molecule has 0 bridgehead atoms. The molecule has 1 saturated heterocycles.